The first kappa shape index (κ1) is 13.0. The van der Waals surface area contributed by atoms with Gasteiger partial charge in [-0.2, -0.15) is 0 Å². The van der Waals surface area contributed by atoms with E-state index >= 15 is 0 Å². The normalized spacial score (nSPS) is 10.4. The van der Waals surface area contributed by atoms with Crippen LogP contribution in [-0.4, -0.2) is 40.5 Å². The van der Waals surface area contributed by atoms with Gasteiger partial charge < -0.3 is 14.4 Å². The zero-order valence-corrected chi connectivity index (χ0v) is 10.4. The number of methoxy groups -OCH3 is 2. The summed E-state index contributed by atoms with van der Waals surface area (Å²) >= 11 is 0. The number of nitrogens with zero attached hydrogens (tertiary/aromatic N) is 1. The summed E-state index contributed by atoms with van der Waals surface area (Å²) in [5.74, 6) is 0. The molecule has 0 heterocycles. The van der Waals surface area contributed by atoms with Crippen molar-refractivity contribution in [3.63, 3.8) is 0 Å². The Kier molecular flexibility index (Phi) is 5.90. The van der Waals surface area contributed by atoms with Gasteiger partial charge in [0.2, 0.25) is 0 Å². The smallest absolute Gasteiger partial charge is 0.0637 e. The first-order valence-electron chi connectivity index (χ1n) is 5.57. The zero-order valence-electron chi connectivity index (χ0n) is 10.4. The molecule has 0 spiro atoms. The predicted octanol–water partition coefficient (Wildman–Crippen LogP) is 2.09. The van der Waals surface area contributed by atoms with Gasteiger partial charge in [-0.1, -0.05) is 12.1 Å². The fourth-order valence-corrected chi connectivity index (χ4v) is 1.60. The Morgan fingerprint density at radius 3 is 2.19 bits per heavy atom. The van der Waals surface area contributed by atoms with Gasteiger partial charge in [0.25, 0.3) is 0 Å². The van der Waals surface area contributed by atoms with Gasteiger partial charge in [-0.15, -0.1) is 0 Å². The molecular weight excluding hydrogens is 202 g/mol. The van der Waals surface area contributed by atoms with Crippen LogP contribution in [0.4, 0.5) is 5.69 Å². The summed E-state index contributed by atoms with van der Waals surface area (Å²) in [5.41, 5.74) is 2.51. The number of anilines is 1. The molecule has 0 bridgehead atoms. The molecule has 0 amide bonds. The standard InChI is InChI=1S/C13H21NO2/c1-12-5-4-6-13(11-12)14(7-9-15-2)8-10-16-3/h4-6,11H,7-10H2,1-3H3. The second kappa shape index (κ2) is 7.25. The SMILES string of the molecule is COCCN(CCOC)c1cccc(C)c1. The van der Waals surface area contributed by atoms with Crippen molar-refractivity contribution in [2.75, 3.05) is 45.4 Å². The van der Waals surface area contributed by atoms with Crippen LogP contribution in [0.3, 0.4) is 0 Å². The highest BCUT2D eigenvalue weighted by Gasteiger charge is 2.05. The lowest BCUT2D eigenvalue weighted by atomic mass is 10.2. The summed E-state index contributed by atoms with van der Waals surface area (Å²) in [4.78, 5) is 2.28. The lowest BCUT2D eigenvalue weighted by Crippen LogP contribution is -2.30. The molecule has 3 heteroatoms. The molecular formula is C13H21NO2. The molecule has 1 aromatic carbocycles. The van der Waals surface area contributed by atoms with Crippen LogP contribution in [0.15, 0.2) is 24.3 Å². The molecule has 90 valence electrons. The average molecular weight is 223 g/mol. The van der Waals surface area contributed by atoms with Crippen molar-refractivity contribution >= 4 is 5.69 Å². The summed E-state index contributed by atoms with van der Waals surface area (Å²) in [6, 6.07) is 8.50. The highest BCUT2D eigenvalue weighted by molar-refractivity contribution is 5.48. The largest absolute Gasteiger partial charge is 0.383 e. The van der Waals surface area contributed by atoms with Crippen LogP contribution < -0.4 is 4.90 Å². The van der Waals surface area contributed by atoms with Crippen LogP contribution in [0.25, 0.3) is 0 Å². The second-order valence-electron chi connectivity index (χ2n) is 3.81. The molecule has 0 N–H and O–H groups in total. The Hall–Kier alpha value is -1.06. The average Bonchev–Trinajstić information content (AvgIpc) is 2.29. The molecule has 0 aromatic heterocycles. The van der Waals surface area contributed by atoms with Crippen LogP contribution >= 0.6 is 0 Å². The Morgan fingerprint density at radius 2 is 1.69 bits per heavy atom. The van der Waals surface area contributed by atoms with Crippen LogP contribution in [0.2, 0.25) is 0 Å². The van der Waals surface area contributed by atoms with E-state index in [1.165, 1.54) is 11.3 Å². The molecule has 16 heavy (non-hydrogen) atoms. The zero-order chi connectivity index (χ0) is 11.8. The summed E-state index contributed by atoms with van der Waals surface area (Å²) in [7, 11) is 3.45. The van der Waals surface area contributed by atoms with Crippen molar-refractivity contribution in [3.05, 3.63) is 29.8 Å². The first-order chi connectivity index (χ1) is 7.77. The number of hydrogen-bond donors (Lipinski definition) is 0. The van der Waals surface area contributed by atoms with E-state index < -0.39 is 0 Å². The predicted molar refractivity (Wildman–Crippen MR) is 67.1 cm³/mol. The van der Waals surface area contributed by atoms with Crippen molar-refractivity contribution in [1.82, 2.24) is 0 Å². The molecule has 1 rings (SSSR count). The van der Waals surface area contributed by atoms with E-state index in [1.807, 2.05) is 0 Å². The Bertz CT molecular complexity index is 294. The fraction of sp³-hybridized carbons (Fsp3) is 0.538. The van der Waals surface area contributed by atoms with Crippen molar-refractivity contribution < 1.29 is 9.47 Å². The molecule has 0 aliphatic heterocycles. The van der Waals surface area contributed by atoms with E-state index in [0.717, 1.165) is 26.3 Å². The third-order valence-corrected chi connectivity index (χ3v) is 2.50. The van der Waals surface area contributed by atoms with Gasteiger partial charge in [0.1, 0.15) is 0 Å². The van der Waals surface area contributed by atoms with Crippen LogP contribution in [0, 0.1) is 6.92 Å². The van der Waals surface area contributed by atoms with E-state index in [1.54, 1.807) is 14.2 Å². The van der Waals surface area contributed by atoms with Crippen molar-refractivity contribution in [3.8, 4) is 0 Å². The third-order valence-electron chi connectivity index (χ3n) is 2.50. The van der Waals surface area contributed by atoms with Crippen LogP contribution in [-0.2, 0) is 9.47 Å². The maximum atomic E-state index is 5.12. The number of ether oxygens (including phenoxy) is 2. The molecule has 0 aliphatic carbocycles. The molecule has 3 nitrogen and oxygen atoms in total. The topological polar surface area (TPSA) is 21.7 Å². The molecule has 1 aromatic rings. The van der Waals surface area contributed by atoms with Crippen LogP contribution in [0.5, 0.6) is 0 Å². The van der Waals surface area contributed by atoms with Crippen LogP contribution in [0.1, 0.15) is 5.56 Å². The summed E-state index contributed by atoms with van der Waals surface area (Å²) < 4.78 is 10.2. The highest BCUT2D eigenvalue weighted by Crippen LogP contribution is 2.15. The molecule has 0 atom stereocenters. The summed E-state index contributed by atoms with van der Waals surface area (Å²) in [5, 5.41) is 0. The maximum absolute atomic E-state index is 5.12. The van der Waals surface area contributed by atoms with Gasteiger partial charge in [-0.3, -0.25) is 0 Å². The summed E-state index contributed by atoms with van der Waals surface area (Å²) in [6.45, 7) is 5.36. The number of rotatable bonds is 7. The Labute approximate surface area is 98.0 Å². The number of aryl methyl sites for hydroxylation is 1. The van der Waals surface area contributed by atoms with Gasteiger partial charge in [-0.25, -0.2) is 0 Å². The van der Waals surface area contributed by atoms with Crippen molar-refractivity contribution in [1.29, 1.82) is 0 Å². The van der Waals surface area contributed by atoms with E-state index in [0.29, 0.717) is 0 Å². The molecule has 0 radical (unpaired) electrons. The maximum Gasteiger partial charge on any atom is 0.0637 e. The van der Waals surface area contributed by atoms with Crippen molar-refractivity contribution in [2.24, 2.45) is 0 Å². The minimum Gasteiger partial charge on any atom is -0.383 e. The highest BCUT2D eigenvalue weighted by atomic mass is 16.5. The monoisotopic (exact) mass is 223 g/mol. The summed E-state index contributed by atoms with van der Waals surface area (Å²) in [6.07, 6.45) is 0. The minimum atomic E-state index is 0.734. The first-order valence-corrected chi connectivity index (χ1v) is 5.57. The molecule has 0 fully saturated rings. The minimum absolute atomic E-state index is 0.734. The number of hydrogen-bond acceptors (Lipinski definition) is 3. The van der Waals surface area contributed by atoms with Gasteiger partial charge in [0.15, 0.2) is 0 Å². The van der Waals surface area contributed by atoms with E-state index in [2.05, 4.69) is 36.1 Å². The molecule has 0 unspecified atom stereocenters. The molecule has 0 saturated carbocycles. The van der Waals surface area contributed by atoms with Gasteiger partial charge in [0.05, 0.1) is 13.2 Å². The van der Waals surface area contributed by atoms with Gasteiger partial charge in [0, 0.05) is 33.0 Å². The molecule has 0 aliphatic rings. The Balaban J connectivity index is 2.66. The van der Waals surface area contributed by atoms with Crippen molar-refractivity contribution in [2.45, 2.75) is 6.92 Å². The quantitative estimate of drug-likeness (QED) is 0.706. The number of benzene rings is 1. The Morgan fingerprint density at radius 1 is 1.06 bits per heavy atom. The molecule has 0 saturated heterocycles. The third kappa shape index (κ3) is 4.21. The second-order valence-corrected chi connectivity index (χ2v) is 3.81. The van der Waals surface area contributed by atoms with Gasteiger partial charge >= 0.3 is 0 Å². The fourth-order valence-electron chi connectivity index (χ4n) is 1.60. The van der Waals surface area contributed by atoms with E-state index in [9.17, 15) is 0 Å². The lowest BCUT2D eigenvalue weighted by molar-refractivity contribution is 0.190. The van der Waals surface area contributed by atoms with E-state index in [-0.39, 0.29) is 0 Å². The van der Waals surface area contributed by atoms with E-state index in [4.69, 9.17) is 9.47 Å². The lowest BCUT2D eigenvalue weighted by Gasteiger charge is -2.24. The van der Waals surface area contributed by atoms with Gasteiger partial charge in [-0.05, 0) is 24.6 Å².